The molecule has 2 aromatic carbocycles. The van der Waals surface area contributed by atoms with Gasteiger partial charge in [0.15, 0.2) is 0 Å². The van der Waals surface area contributed by atoms with Gasteiger partial charge in [0.2, 0.25) is 11.8 Å². The Bertz CT molecular complexity index is 1130. The number of benzene rings is 2. The number of thiophene rings is 1. The zero-order valence-electron chi connectivity index (χ0n) is 19.0. The van der Waals surface area contributed by atoms with Crippen LogP contribution >= 0.6 is 22.9 Å². The molecule has 0 radical (unpaired) electrons. The maximum absolute atomic E-state index is 13.6. The molecular weight excluding hydrogens is 486 g/mol. The van der Waals surface area contributed by atoms with Crippen molar-refractivity contribution in [2.75, 3.05) is 24.6 Å². The third kappa shape index (κ3) is 6.48. The summed E-state index contributed by atoms with van der Waals surface area (Å²) in [5, 5.41) is 7.93. The van der Waals surface area contributed by atoms with E-state index in [-0.39, 0.29) is 24.5 Å². The van der Waals surface area contributed by atoms with Gasteiger partial charge in [-0.05, 0) is 54.1 Å². The molecule has 2 N–H and O–H groups in total. The van der Waals surface area contributed by atoms with Crippen LogP contribution in [0.4, 0.5) is 5.69 Å². The molecule has 7 nitrogen and oxygen atoms in total. The minimum Gasteiger partial charge on any atom is -0.376 e. The summed E-state index contributed by atoms with van der Waals surface area (Å²) < 4.78 is 5.64. The van der Waals surface area contributed by atoms with Crippen molar-refractivity contribution >= 4 is 46.3 Å². The summed E-state index contributed by atoms with van der Waals surface area (Å²) in [6, 6.07) is 18.3. The number of anilines is 1. The van der Waals surface area contributed by atoms with Gasteiger partial charge < -0.3 is 15.4 Å². The monoisotopic (exact) mass is 511 g/mol. The first-order valence-corrected chi connectivity index (χ1v) is 12.6. The molecule has 2 atom stereocenters. The number of hydrogen-bond donors (Lipinski definition) is 2. The first-order valence-electron chi connectivity index (χ1n) is 11.4. The summed E-state index contributed by atoms with van der Waals surface area (Å²) in [6.07, 6.45) is 1.80. The number of halogens is 1. The number of nitrogens with one attached hydrogen (secondary N) is 2. The maximum Gasteiger partial charge on any atom is 0.261 e. The van der Waals surface area contributed by atoms with Crippen molar-refractivity contribution in [1.82, 2.24) is 10.6 Å². The van der Waals surface area contributed by atoms with Gasteiger partial charge in [0, 0.05) is 23.9 Å². The Morgan fingerprint density at radius 2 is 1.80 bits per heavy atom. The van der Waals surface area contributed by atoms with E-state index in [2.05, 4.69) is 10.6 Å². The van der Waals surface area contributed by atoms with E-state index in [1.54, 1.807) is 53.9 Å². The van der Waals surface area contributed by atoms with Gasteiger partial charge in [-0.3, -0.25) is 19.3 Å². The van der Waals surface area contributed by atoms with E-state index in [1.165, 1.54) is 16.2 Å². The van der Waals surface area contributed by atoms with Crippen molar-refractivity contribution in [2.24, 2.45) is 0 Å². The van der Waals surface area contributed by atoms with Crippen molar-refractivity contribution in [1.29, 1.82) is 0 Å². The lowest BCUT2D eigenvalue weighted by molar-refractivity contribution is -0.126. The number of carbonyl (C=O) groups is 3. The molecule has 0 spiro atoms. The van der Waals surface area contributed by atoms with Gasteiger partial charge >= 0.3 is 0 Å². The molecule has 0 unspecified atom stereocenters. The molecular formula is C26H26ClN3O4S. The van der Waals surface area contributed by atoms with Gasteiger partial charge in [-0.15, -0.1) is 11.3 Å². The highest BCUT2D eigenvalue weighted by Crippen LogP contribution is 2.29. The quantitative estimate of drug-likeness (QED) is 0.450. The van der Waals surface area contributed by atoms with Gasteiger partial charge in [-0.25, -0.2) is 0 Å². The van der Waals surface area contributed by atoms with Crippen LogP contribution in [-0.4, -0.2) is 43.5 Å². The second-order valence-electron chi connectivity index (χ2n) is 8.09. The molecule has 1 aliphatic heterocycles. The normalized spacial score (nSPS) is 15.9. The zero-order chi connectivity index (χ0) is 24.6. The zero-order valence-corrected chi connectivity index (χ0v) is 20.6. The first-order chi connectivity index (χ1) is 17.0. The lowest BCUT2D eigenvalue weighted by Gasteiger charge is -2.32. The second kappa shape index (κ2) is 12.0. The van der Waals surface area contributed by atoms with E-state index in [1.807, 2.05) is 18.2 Å². The van der Waals surface area contributed by atoms with Gasteiger partial charge in [0.25, 0.3) is 5.91 Å². The van der Waals surface area contributed by atoms with E-state index in [9.17, 15) is 14.4 Å². The number of nitrogens with zero attached hydrogens (tertiary/aromatic N) is 1. The van der Waals surface area contributed by atoms with Crippen LogP contribution < -0.4 is 15.5 Å². The molecule has 0 aliphatic carbocycles. The van der Waals surface area contributed by atoms with Crippen LogP contribution in [0.5, 0.6) is 0 Å². The smallest absolute Gasteiger partial charge is 0.261 e. The SMILES string of the molecule is O=C(NCC(=O)N(c1ccc(Cl)cc1)[C@@H](C(=O)NC[C@H]1CCCO1)c1ccccc1)c1cccs1. The number of ether oxygens (including phenoxy) is 1. The van der Waals surface area contributed by atoms with E-state index in [0.29, 0.717) is 34.3 Å². The van der Waals surface area contributed by atoms with E-state index in [4.69, 9.17) is 16.3 Å². The average molecular weight is 512 g/mol. The molecule has 1 aromatic heterocycles. The van der Waals surface area contributed by atoms with E-state index < -0.39 is 11.9 Å². The molecule has 0 saturated carbocycles. The molecule has 1 fully saturated rings. The van der Waals surface area contributed by atoms with Crippen molar-refractivity contribution in [2.45, 2.75) is 25.0 Å². The van der Waals surface area contributed by atoms with Gasteiger partial charge in [0.1, 0.15) is 6.04 Å². The Hall–Kier alpha value is -3.20. The van der Waals surface area contributed by atoms with Crippen LogP contribution in [0.1, 0.15) is 34.1 Å². The molecule has 4 rings (SSSR count). The summed E-state index contributed by atoms with van der Waals surface area (Å²) in [4.78, 5) is 41.5. The Balaban J connectivity index is 1.62. The number of rotatable bonds is 9. The molecule has 3 aromatic rings. The Labute approximate surface area is 213 Å². The molecule has 9 heteroatoms. The van der Waals surface area contributed by atoms with Gasteiger partial charge in [0.05, 0.1) is 17.5 Å². The minimum absolute atomic E-state index is 0.0415. The number of amides is 3. The molecule has 35 heavy (non-hydrogen) atoms. The Morgan fingerprint density at radius 3 is 2.46 bits per heavy atom. The summed E-state index contributed by atoms with van der Waals surface area (Å²) in [7, 11) is 0. The van der Waals surface area contributed by atoms with Crippen LogP contribution in [0.25, 0.3) is 0 Å². The summed E-state index contributed by atoms with van der Waals surface area (Å²) in [6.45, 7) is 0.767. The standard InChI is InChI=1S/C26H26ClN3O4S/c27-19-10-12-20(13-11-19)30(23(31)17-29-25(32)22-9-5-15-35-22)24(18-6-2-1-3-7-18)26(33)28-16-21-8-4-14-34-21/h1-3,5-7,9-13,15,21,24H,4,8,14,16-17H2,(H,28,33)(H,29,32)/t21-,24-/m1/s1. The third-order valence-electron chi connectivity index (χ3n) is 5.67. The van der Waals surface area contributed by atoms with Crippen molar-refractivity contribution in [3.05, 3.63) is 87.6 Å². The van der Waals surface area contributed by atoms with Gasteiger partial charge in [-0.1, -0.05) is 48.0 Å². The summed E-state index contributed by atoms with van der Waals surface area (Å²) >= 11 is 7.37. The van der Waals surface area contributed by atoms with Crippen LogP contribution in [-0.2, 0) is 14.3 Å². The highest BCUT2D eigenvalue weighted by molar-refractivity contribution is 7.12. The molecule has 3 amide bonds. The summed E-state index contributed by atoms with van der Waals surface area (Å²) in [5.74, 6) is -1.11. The predicted molar refractivity (Wildman–Crippen MR) is 137 cm³/mol. The minimum atomic E-state index is -0.954. The molecule has 2 heterocycles. The topological polar surface area (TPSA) is 87.7 Å². The Kier molecular flexibility index (Phi) is 8.52. The number of carbonyl (C=O) groups excluding carboxylic acids is 3. The van der Waals surface area contributed by atoms with Crippen LogP contribution in [0, 0.1) is 0 Å². The fourth-order valence-electron chi connectivity index (χ4n) is 3.94. The van der Waals surface area contributed by atoms with Crippen molar-refractivity contribution < 1.29 is 19.1 Å². The fourth-order valence-corrected chi connectivity index (χ4v) is 4.71. The van der Waals surface area contributed by atoms with Crippen LogP contribution in [0.15, 0.2) is 72.1 Å². The highest BCUT2D eigenvalue weighted by atomic mass is 35.5. The summed E-state index contributed by atoms with van der Waals surface area (Å²) in [5.41, 5.74) is 1.14. The first kappa shape index (κ1) is 24.9. The molecule has 1 aliphatic rings. The third-order valence-corrected chi connectivity index (χ3v) is 6.79. The van der Waals surface area contributed by atoms with Crippen LogP contribution in [0.3, 0.4) is 0 Å². The van der Waals surface area contributed by atoms with Crippen molar-refractivity contribution in [3.8, 4) is 0 Å². The van der Waals surface area contributed by atoms with Gasteiger partial charge in [-0.2, -0.15) is 0 Å². The van der Waals surface area contributed by atoms with Crippen molar-refractivity contribution in [3.63, 3.8) is 0 Å². The second-order valence-corrected chi connectivity index (χ2v) is 9.48. The number of hydrogen-bond acceptors (Lipinski definition) is 5. The van der Waals surface area contributed by atoms with E-state index >= 15 is 0 Å². The molecule has 182 valence electrons. The highest BCUT2D eigenvalue weighted by Gasteiger charge is 2.33. The Morgan fingerprint density at radius 1 is 1.03 bits per heavy atom. The fraction of sp³-hybridized carbons (Fsp3) is 0.269. The van der Waals surface area contributed by atoms with Crippen LogP contribution in [0.2, 0.25) is 5.02 Å². The lowest BCUT2D eigenvalue weighted by atomic mass is 10.0. The molecule has 1 saturated heterocycles. The maximum atomic E-state index is 13.6. The lowest BCUT2D eigenvalue weighted by Crippen LogP contribution is -2.48. The van der Waals surface area contributed by atoms with E-state index in [0.717, 1.165) is 12.8 Å². The molecule has 0 bridgehead atoms. The largest absolute Gasteiger partial charge is 0.376 e. The predicted octanol–water partition coefficient (Wildman–Crippen LogP) is 4.20. The average Bonchev–Trinajstić information content (AvgIpc) is 3.60.